The summed E-state index contributed by atoms with van der Waals surface area (Å²) >= 11 is 6.16. The van der Waals surface area contributed by atoms with E-state index in [0.717, 1.165) is 0 Å². The van der Waals surface area contributed by atoms with Gasteiger partial charge in [-0.05, 0) is 45.0 Å². The minimum absolute atomic E-state index is 0.0133. The zero-order valence-electron chi connectivity index (χ0n) is 16.3. The molecule has 1 amide bonds. The van der Waals surface area contributed by atoms with Crippen molar-refractivity contribution in [2.45, 2.75) is 32.8 Å². The summed E-state index contributed by atoms with van der Waals surface area (Å²) in [5.41, 5.74) is -0.628. The minimum atomic E-state index is -0.636. The fourth-order valence-electron chi connectivity index (χ4n) is 2.86. The summed E-state index contributed by atoms with van der Waals surface area (Å²) in [6.45, 7) is 5.44. The number of carbonyl (C=O) groups is 1. The van der Waals surface area contributed by atoms with Crippen molar-refractivity contribution >= 4 is 28.6 Å². The fourth-order valence-corrected chi connectivity index (χ4v) is 3.10. The van der Waals surface area contributed by atoms with Gasteiger partial charge in [0.05, 0.1) is 16.1 Å². The molecular formula is C21H21ClFN3O3. The van der Waals surface area contributed by atoms with Crippen LogP contribution < -0.4 is 10.9 Å². The number of halogens is 2. The second kappa shape index (κ2) is 8.21. The molecule has 29 heavy (non-hydrogen) atoms. The van der Waals surface area contributed by atoms with Crippen LogP contribution in [0, 0.1) is 5.82 Å². The number of fused-ring (bicyclic) bond motifs is 1. The van der Waals surface area contributed by atoms with Crippen LogP contribution in [0.1, 0.15) is 26.6 Å². The van der Waals surface area contributed by atoms with Crippen molar-refractivity contribution in [3.05, 3.63) is 69.5 Å². The number of rotatable bonds is 4. The molecule has 0 radical (unpaired) electrons. The summed E-state index contributed by atoms with van der Waals surface area (Å²) in [5.74, 6) is -0.339. The quantitative estimate of drug-likeness (QED) is 0.688. The summed E-state index contributed by atoms with van der Waals surface area (Å²) in [4.78, 5) is 29.4. The van der Waals surface area contributed by atoms with Gasteiger partial charge in [0.1, 0.15) is 22.8 Å². The van der Waals surface area contributed by atoms with Crippen LogP contribution in [-0.4, -0.2) is 27.8 Å². The number of nitrogens with zero attached hydrogens (tertiary/aromatic N) is 2. The van der Waals surface area contributed by atoms with Crippen molar-refractivity contribution in [2.75, 3.05) is 6.54 Å². The molecule has 0 aliphatic rings. The maximum Gasteiger partial charge on any atom is 0.407 e. The molecule has 6 nitrogen and oxygen atoms in total. The molecule has 2 aromatic carbocycles. The topological polar surface area (TPSA) is 73.2 Å². The number of carbonyl (C=O) groups excluding carboxylic acids is 1. The highest BCUT2D eigenvalue weighted by Gasteiger charge is 2.19. The van der Waals surface area contributed by atoms with Crippen molar-refractivity contribution < 1.29 is 13.9 Å². The molecular weight excluding hydrogens is 397 g/mol. The van der Waals surface area contributed by atoms with E-state index in [2.05, 4.69) is 10.3 Å². The second-order valence-corrected chi connectivity index (χ2v) is 7.84. The smallest absolute Gasteiger partial charge is 0.407 e. The van der Waals surface area contributed by atoms with Gasteiger partial charge in [-0.3, -0.25) is 9.36 Å². The van der Waals surface area contributed by atoms with Crippen LogP contribution in [0.2, 0.25) is 5.02 Å². The van der Waals surface area contributed by atoms with Crippen LogP contribution >= 0.6 is 11.6 Å². The lowest BCUT2D eigenvalue weighted by Crippen LogP contribution is -2.34. The number of ether oxygens (including phenoxy) is 1. The monoisotopic (exact) mass is 417 g/mol. The van der Waals surface area contributed by atoms with E-state index in [9.17, 15) is 14.0 Å². The van der Waals surface area contributed by atoms with Gasteiger partial charge in [0, 0.05) is 13.0 Å². The highest BCUT2D eigenvalue weighted by Crippen LogP contribution is 2.23. The highest BCUT2D eigenvalue weighted by molar-refractivity contribution is 6.35. The van der Waals surface area contributed by atoms with Crippen molar-refractivity contribution in [1.29, 1.82) is 0 Å². The van der Waals surface area contributed by atoms with Crippen LogP contribution in [-0.2, 0) is 11.2 Å². The summed E-state index contributed by atoms with van der Waals surface area (Å²) in [6.07, 6.45) is -0.397. The maximum atomic E-state index is 14.3. The first-order valence-electron chi connectivity index (χ1n) is 9.09. The molecule has 0 spiro atoms. The molecule has 1 heterocycles. The Labute approximate surface area is 172 Å². The van der Waals surface area contributed by atoms with E-state index in [1.165, 1.54) is 16.7 Å². The van der Waals surface area contributed by atoms with E-state index in [0.29, 0.717) is 11.5 Å². The van der Waals surface area contributed by atoms with Crippen LogP contribution in [0.5, 0.6) is 0 Å². The molecule has 3 rings (SSSR count). The lowest BCUT2D eigenvalue weighted by molar-refractivity contribution is 0.0528. The Balaban J connectivity index is 2.02. The number of nitrogens with one attached hydrogen (secondary N) is 1. The third-order valence-electron chi connectivity index (χ3n) is 4.02. The first kappa shape index (κ1) is 20.8. The van der Waals surface area contributed by atoms with Gasteiger partial charge in [0.25, 0.3) is 5.56 Å². The molecule has 0 saturated heterocycles. The molecule has 0 bridgehead atoms. The third kappa shape index (κ3) is 4.74. The first-order valence-corrected chi connectivity index (χ1v) is 9.47. The summed E-state index contributed by atoms with van der Waals surface area (Å²) in [6, 6.07) is 11.4. The van der Waals surface area contributed by atoms with Gasteiger partial charge in [-0.25, -0.2) is 14.2 Å². The third-order valence-corrected chi connectivity index (χ3v) is 4.34. The Kier molecular flexibility index (Phi) is 5.88. The normalized spacial score (nSPS) is 11.5. The average Bonchev–Trinajstić information content (AvgIpc) is 2.64. The van der Waals surface area contributed by atoms with Crippen molar-refractivity contribution in [1.82, 2.24) is 14.9 Å². The molecule has 8 heteroatoms. The van der Waals surface area contributed by atoms with Gasteiger partial charge in [0.2, 0.25) is 0 Å². The van der Waals surface area contributed by atoms with Gasteiger partial charge in [-0.15, -0.1) is 0 Å². The molecule has 0 aliphatic carbocycles. The molecule has 0 aliphatic heterocycles. The van der Waals surface area contributed by atoms with Gasteiger partial charge in [0.15, 0.2) is 0 Å². The zero-order valence-corrected chi connectivity index (χ0v) is 17.1. The lowest BCUT2D eigenvalue weighted by atomic mass is 10.2. The summed E-state index contributed by atoms with van der Waals surface area (Å²) in [7, 11) is 0. The first-order chi connectivity index (χ1) is 13.7. The predicted molar refractivity (Wildman–Crippen MR) is 110 cm³/mol. The Morgan fingerprint density at radius 2 is 1.90 bits per heavy atom. The highest BCUT2D eigenvalue weighted by atomic mass is 35.5. The van der Waals surface area contributed by atoms with E-state index in [4.69, 9.17) is 16.3 Å². The van der Waals surface area contributed by atoms with E-state index in [1.54, 1.807) is 45.0 Å². The minimum Gasteiger partial charge on any atom is -0.444 e. The number of alkyl carbamates (subject to hydrolysis) is 1. The van der Waals surface area contributed by atoms with Crippen LogP contribution in [0.3, 0.4) is 0 Å². The molecule has 0 fully saturated rings. The van der Waals surface area contributed by atoms with Gasteiger partial charge in [-0.2, -0.15) is 0 Å². The number of hydrogen-bond acceptors (Lipinski definition) is 4. The SMILES string of the molecule is CC(C)(C)OC(=O)NCCc1nc2c(F)ccc(Cl)c2c(=O)n1-c1ccccc1. The molecule has 0 saturated carbocycles. The Morgan fingerprint density at radius 1 is 1.21 bits per heavy atom. The van der Waals surface area contributed by atoms with E-state index in [1.807, 2.05) is 6.07 Å². The molecule has 3 aromatic rings. The van der Waals surface area contributed by atoms with Crippen molar-refractivity contribution in [2.24, 2.45) is 0 Å². The van der Waals surface area contributed by atoms with Crippen LogP contribution in [0.15, 0.2) is 47.3 Å². The maximum absolute atomic E-state index is 14.3. The number of para-hydroxylation sites is 1. The average molecular weight is 418 g/mol. The van der Waals surface area contributed by atoms with Crippen LogP contribution in [0.4, 0.5) is 9.18 Å². The molecule has 1 N–H and O–H groups in total. The zero-order chi connectivity index (χ0) is 21.2. The standard InChI is InChI=1S/C21H21ClFN3O3/c1-21(2,3)29-20(28)24-12-11-16-25-18-15(23)10-9-14(22)17(18)19(27)26(16)13-7-5-4-6-8-13/h4-10H,11-12H2,1-3H3,(H,24,28). The Bertz CT molecular complexity index is 1110. The second-order valence-electron chi connectivity index (χ2n) is 7.44. The molecule has 1 aromatic heterocycles. The molecule has 152 valence electrons. The van der Waals surface area contributed by atoms with Gasteiger partial charge >= 0.3 is 6.09 Å². The summed E-state index contributed by atoms with van der Waals surface area (Å²) in [5, 5.41) is 2.76. The van der Waals surface area contributed by atoms with Gasteiger partial charge < -0.3 is 10.1 Å². The number of benzene rings is 2. The van der Waals surface area contributed by atoms with E-state index < -0.39 is 23.1 Å². The summed E-state index contributed by atoms with van der Waals surface area (Å²) < 4.78 is 20.9. The van der Waals surface area contributed by atoms with Crippen LogP contribution in [0.25, 0.3) is 16.6 Å². The largest absolute Gasteiger partial charge is 0.444 e. The molecule has 0 unspecified atom stereocenters. The fraction of sp³-hybridized carbons (Fsp3) is 0.286. The van der Waals surface area contributed by atoms with Crippen molar-refractivity contribution in [3.63, 3.8) is 0 Å². The number of hydrogen-bond donors (Lipinski definition) is 1. The van der Waals surface area contributed by atoms with E-state index >= 15 is 0 Å². The number of amides is 1. The predicted octanol–water partition coefficient (Wildman–Crippen LogP) is 4.25. The van der Waals surface area contributed by atoms with E-state index in [-0.39, 0.29) is 28.9 Å². The lowest BCUT2D eigenvalue weighted by Gasteiger charge is -2.20. The van der Waals surface area contributed by atoms with Gasteiger partial charge in [-0.1, -0.05) is 29.8 Å². The Morgan fingerprint density at radius 3 is 2.55 bits per heavy atom. The molecule has 0 atom stereocenters. The van der Waals surface area contributed by atoms with Crippen molar-refractivity contribution in [3.8, 4) is 5.69 Å². The number of aromatic nitrogens is 2. The Hall–Kier alpha value is -2.93.